The zero-order valence-corrected chi connectivity index (χ0v) is 11.6. The molecule has 0 aliphatic rings. The predicted molar refractivity (Wildman–Crippen MR) is 67.9 cm³/mol. The summed E-state index contributed by atoms with van der Waals surface area (Å²) in [6.45, 7) is 6.26. The standard InChI is InChI=1S/C9H11BrO2.C3H8/c1-6-4-7(10)9(12-3)8(5-6)11-2;1-3-2/h4-5H,1-3H3;3H2,1-2H3. The Morgan fingerprint density at radius 3 is 2.07 bits per heavy atom. The molecule has 0 aromatic heterocycles. The second-order valence-corrected chi connectivity index (χ2v) is 4.04. The van der Waals surface area contributed by atoms with Crippen molar-refractivity contribution in [2.75, 3.05) is 14.2 Å². The Morgan fingerprint density at radius 2 is 1.67 bits per heavy atom. The van der Waals surface area contributed by atoms with Crippen molar-refractivity contribution in [3.63, 3.8) is 0 Å². The van der Waals surface area contributed by atoms with Crippen LogP contribution in [0.25, 0.3) is 0 Å². The van der Waals surface area contributed by atoms with Crippen LogP contribution in [-0.2, 0) is 0 Å². The smallest absolute Gasteiger partial charge is 0.174 e. The van der Waals surface area contributed by atoms with E-state index in [9.17, 15) is 0 Å². The number of hydrogen-bond acceptors (Lipinski definition) is 2. The number of ether oxygens (including phenoxy) is 2. The quantitative estimate of drug-likeness (QED) is 0.805. The molecule has 0 atom stereocenters. The highest BCUT2D eigenvalue weighted by Crippen LogP contribution is 2.35. The molecule has 2 nitrogen and oxygen atoms in total. The van der Waals surface area contributed by atoms with Gasteiger partial charge in [-0.05, 0) is 40.5 Å². The highest BCUT2D eigenvalue weighted by atomic mass is 79.9. The number of methoxy groups -OCH3 is 2. The van der Waals surface area contributed by atoms with Crippen molar-refractivity contribution in [1.29, 1.82) is 0 Å². The lowest BCUT2D eigenvalue weighted by atomic mass is 10.2. The van der Waals surface area contributed by atoms with Crippen molar-refractivity contribution in [1.82, 2.24) is 0 Å². The third kappa shape index (κ3) is 4.56. The fourth-order valence-electron chi connectivity index (χ4n) is 1.05. The maximum Gasteiger partial charge on any atom is 0.174 e. The summed E-state index contributed by atoms with van der Waals surface area (Å²) in [5.74, 6) is 1.49. The molecule has 0 aliphatic carbocycles. The summed E-state index contributed by atoms with van der Waals surface area (Å²) in [7, 11) is 3.25. The lowest BCUT2D eigenvalue weighted by Gasteiger charge is -2.09. The van der Waals surface area contributed by atoms with Gasteiger partial charge in [-0.1, -0.05) is 20.3 Å². The summed E-state index contributed by atoms with van der Waals surface area (Å²) in [5.41, 5.74) is 1.14. The van der Waals surface area contributed by atoms with Gasteiger partial charge in [0.05, 0.1) is 18.7 Å². The largest absolute Gasteiger partial charge is 0.493 e. The molecule has 1 aromatic carbocycles. The maximum absolute atomic E-state index is 5.15. The van der Waals surface area contributed by atoms with Gasteiger partial charge in [-0.3, -0.25) is 0 Å². The van der Waals surface area contributed by atoms with E-state index < -0.39 is 0 Å². The predicted octanol–water partition coefficient (Wildman–Crippen LogP) is 4.19. The van der Waals surface area contributed by atoms with E-state index in [0.29, 0.717) is 0 Å². The van der Waals surface area contributed by atoms with Crippen molar-refractivity contribution in [2.24, 2.45) is 0 Å². The van der Waals surface area contributed by atoms with Crippen LogP contribution in [0.15, 0.2) is 16.6 Å². The van der Waals surface area contributed by atoms with E-state index in [4.69, 9.17) is 9.47 Å². The Bertz CT molecular complexity index is 298. The van der Waals surface area contributed by atoms with Crippen LogP contribution in [0.5, 0.6) is 11.5 Å². The van der Waals surface area contributed by atoms with E-state index in [1.165, 1.54) is 6.42 Å². The number of benzene rings is 1. The third-order valence-electron chi connectivity index (χ3n) is 1.58. The molecule has 0 spiro atoms. The van der Waals surface area contributed by atoms with Gasteiger partial charge in [-0.15, -0.1) is 0 Å². The Labute approximate surface area is 101 Å². The van der Waals surface area contributed by atoms with Crippen LogP contribution < -0.4 is 9.47 Å². The van der Waals surface area contributed by atoms with E-state index in [0.717, 1.165) is 21.5 Å². The molecule has 0 unspecified atom stereocenters. The summed E-state index contributed by atoms with van der Waals surface area (Å²) in [6, 6.07) is 3.92. The first-order valence-electron chi connectivity index (χ1n) is 4.98. The van der Waals surface area contributed by atoms with Crippen molar-refractivity contribution in [2.45, 2.75) is 27.2 Å². The Kier molecular flexibility index (Phi) is 7.22. The zero-order valence-electron chi connectivity index (χ0n) is 10.1. The van der Waals surface area contributed by atoms with Gasteiger partial charge in [0.25, 0.3) is 0 Å². The second-order valence-electron chi connectivity index (χ2n) is 3.19. The van der Waals surface area contributed by atoms with Gasteiger partial charge in [0.15, 0.2) is 11.5 Å². The first-order valence-corrected chi connectivity index (χ1v) is 5.78. The minimum absolute atomic E-state index is 0.739. The monoisotopic (exact) mass is 274 g/mol. The molecule has 0 fully saturated rings. The average Bonchev–Trinajstić information content (AvgIpc) is 2.17. The molecule has 0 saturated carbocycles. The number of rotatable bonds is 2. The molecular weight excluding hydrogens is 256 g/mol. The fraction of sp³-hybridized carbons (Fsp3) is 0.500. The van der Waals surface area contributed by atoms with Crippen LogP contribution in [0, 0.1) is 6.92 Å². The molecule has 0 amide bonds. The first kappa shape index (κ1) is 14.3. The lowest BCUT2D eigenvalue weighted by Crippen LogP contribution is -1.91. The third-order valence-corrected chi connectivity index (χ3v) is 2.17. The Morgan fingerprint density at radius 1 is 1.13 bits per heavy atom. The van der Waals surface area contributed by atoms with E-state index >= 15 is 0 Å². The van der Waals surface area contributed by atoms with Crippen molar-refractivity contribution < 1.29 is 9.47 Å². The van der Waals surface area contributed by atoms with E-state index in [2.05, 4.69) is 29.8 Å². The second kappa shape index (κ2) is 7.57. The van der Waals surface area contributed by atoms with Gasteiger partial charge in [0.1, 0.15) is 0 Å². The molecule has 15 heavy (non-hydrogen) atoms. The van der Waals surface area contributed by atoms with Crippen LogP contribution in [0.1, 0.15) is 25.8 Å². The van der Waals surface area contributed by atoms with Gasteiger partial charge >= 0.3 is 0 Å². The molecule has 1 rings (SSSR count). The van der Waals surface area contributed by atoms with Crippen LogP contribution in [0.3, 0.4) is 0 Å². The molecule has 86 valence electrons. The van der Waals surface area contributed by atoms with Crippen LogP contribution in [-0.4, -0.2) is 14.2 Å². The van der Waals surface area contributed by atoms with Crippen LogP contribution in [0.4, 0.5) is 0 Å². The lowest BCUT2D eigenvalue weighted by molar-refractivity contribution is 0.353. The highest BCUT2D eigenvalue weighted by molar-refractivity contribution is 9.10. The molecule has 0 bridgehead atoms. The van der Waals surface area contributed by atoms with Gasteiger partial charge in [0.2, 0.25) is 0 Å². The topological polar surface area (TPSA) is 18.5 Å². The average molecular weight is 275 g/mol. The van der Waals surface area contributed by atoms with Crippen LogP contribution >= 0.6 is 15.9 Å². The highest BCUT2D eigenvalue weighted by Gasteiger charge is 2.07. The molecule has 0 saturated heterocycles. The summed E-state index contributed by atoms with van der Waals surface area (Å²) in [5, 5.41) is 0. The van der Waals surface area contributed by atoms with Gasteiger partial charge in [-0.2, -0.15) is 0 Å². The summed E-state index contributed by atoms with van der Waals surface area (Å²) < 4.78 is 11.2. The normalized spacial score (nSPS) is 8.93. The minimum Gasteiger partial charge on any atom is -0.493 e. The summed E-state index contributed by atoms with van der Waals surface area (Å²) in [6.07, 6.45) is 1.25. The Hall–Kier alpha value is -0.700. The van der Waals surface area contributed by atoms with Crippen molar-refractivity contribution in [3.05, 3.63) is 22.2 Å². The van der Waals surface area contributed by atoms with Crippen molar-refractivity contribution in [3.8, 4) is 11.5 Å². The molecule has 0 aliphatic heterocycles. The molecule has 3 heteroatoms. The van der Waals surface area contributed by atoms with Gasteiger partial charge < -0.3 is 9.47 Å². The SMILES string of the molecule is CCC.COc1cc(C)cc(Br)c1OC. The molecule has 1 aromatic rings. The van der Waals surface area contributed by atoms with Gasteiger partial charge in [-0.25, -0.2) is 0 Å². The van der Waals surface area contributed by atoms with E-state index in [-0.39, 0.29) is 0 Å². The minimum atomic E-state index is 0.739. The molecule has 0 heterocycles. The fourth-order valence-corrected chi connectivity index (χ4v) is 1.77. The summed E-state index contributed by atoms with van der Waals surface area (Å²) in [4.78, 5) is 0. The molecular formula is C12H19BrO2. The summed E-state index contributed by atoms with van der Waals surface area (Å²) >= 11 is 3.39. The zero-order chi connectivity index (χ0) is 11.8. The van der Waals surface area contributed by atoms with E-state index in [1.54, 1.807) is 14.2 Å². The molecule has 0 N–H and O–H groups in total. The molecule has 0 radical (unpaired) electrons. The number of halogens is 1. The van der Waals surface area contributed by atoms with Gasteiger partial charge in [0, 0.05) is 0 Å². The van der Waals surface area contributed by atoms with Crippen LogP contribution in [0.2, 0.25) is 0 Å². The van der Waals surface area contributed by atoms with E-state index in [1.807, 2.05) is 19.1 Å². The number of aryl methyl sites for hydroxylation is 1. The number of hydrogen-bond donors (Lipinski definition) is 0. The first-order chi connectivity index (χ1) is 7.10. The van der Waals surface area contributed by atoms with Crippen molar-refractivity contribution >= 4 is 15.9 Å². The Balaban J connectivity index is 0.000000583. The maximum atomic E-state index is 5.15.